The Morgan fingerprint density at radius 2 is 2.40 bits per heavy atom. The Hall–Kier alpha value is -0.680. The maximum atomic E-state index is 11.9. The highest BCUT2D eigenvalue weighted by molar-refractivity contribution is 9.10. The predicted molar refractivity (Wildman–Crippen MR) is 62.7 cm³/mol. The lowest BCUT2D eigenvalue weighted by Gasteiger charge is -2.10. The van der Waals surface area contributed by atoms with Crippen LogP contribution in [0, 0.1) is 0 Å². The molecule has 1 heterocycles. The molecule has 1 rings (SSSR count). The van der Waals surface area contributed by atoms with Crippen molar-refractivity contribution in [3.8, 4) is 0 Å². The molecule has 0 fully saturated rings. The number of aryl methyl sites for hydroxylation is 1. The van der Waals surface area contributed by atoms with E-state index in [1.165, 1.54) is 0 Å². The summed E-state index contributed by atoms with van der Waals surface area (Å²) < 4.78 is 2.26. The minimum Gasteiger partial charge on any atom is -0.321 e. The molecule has 5 heteroatoms. The second-order valence-electron chi connectivity index (χ2n) is 3.58. The van der Waals surface area contributed by atoms with Crippen LogP contribution in [-0.4, -0.2) is 21.6 Å². The molecule has 1 atom stereocenters. The van der Waals surface area contributed by atoms with Gasteiger partial charge in [0.2, 0.25) is 0 Å². The molecule has 0 saturated carbocycles. The molecule has 0 aliphatic heterocycles. The number of ketones is 1. The zero-order chi connectivity index (χ0) is 11.4. The fourth-order valence-electron chi connectivity index (χ4n) is 1.42. The van der Waals surface area contributed by atoms with Gasteiger partial charge in [-0.2, -0.15) is 5.10 Å². The zero-order valence-corrected chi connectivity index (χ0v) is 10.6. The van der Waals surface area contributed by atoms with Gasteiger partial charge in [-0.1, -0.05) is 19.8 Å². The fraction of sp³-hybridized carbons (Fsp3) is 0.600. The molecule has 0 aliphatic carbocycles. The van der Waals surface area contributed by atoms with Crippen molar-refractivity contribution in [2.24, 2.45) is 12.8 Å². The number of carbonyl (C=O) groups is 1. The van der Waals surface area contributed by atoms with Crippen molar-refractivity contribution in [2.45, 2.75) is 32.2 Å². The molecule has 1 aromatic heterocycles. The first kappa shape index (κ1) is 12.4. The standard InChI is InChI=1S/C10H16BrN3O/c1-3-4-5-8(12)10(15)9-7(11)6-13-14(9)2/h6,8H,3-5,12H2,1-2H3. The molecule has 0 bridgehead atoms. The van der Waals surface area contributed by atoms with Crippen LogP contribution in [0.5, 0.6) is 0 Å². The van der Waals surface area contributed by atoms with Crippen LogP contribution in [0.25, 0.3) is 0 Å². The molecule has 0 aromatic carbocycles. The van der Waals surface area contributed by atoms with Crippen molar-refractivity contribution in [3.63, 3.8) is 0 Å². The average Bonchev–Trinajstić information content (AvgIpc) is 2.54. The Labute approximate surface area is 98.0 Å². The van der Waals surface area contributed by atoms with Gasteiger partial charge < -0.3 is 5.73 Å². The lowest BCUT2D eigenvalue weighted by atomic mass is 10.0. The predicted octanol–water partition coefficient (Wildman–Crippen LogP) is 1.88. The van der Waals surface area contributed by atoms with E-state index in [4.69, 9.17) is 5.73 Å². The highest BCUT2D eigenvalue weighted by Crippen LogP contribution is 2.17. The molecule has 1 aromatic rings. The SMILES string of the molecule is CCCCC(N)C(=O)c1c(Br)cnn1C. The van der Waals surface area contributed by atoms with E-state index in [9.17, 15) is 4.79 Å². The largest absolute Gasteiger partial charge is 0.321 e. The third kappa shape index (κ3) is 2.89. The molecule has 0 spiro atoms. The van der Waals surface area contributed by atoms with Crippen LogP contribution in [0.2, 0.25) is 0 Å². The molecule has 4 nitrogen and oxygen atoms in total. The highest BCUT2D eigenvalue weighted by Gasteiger charge is 2.21. The minimum atomic E-state index is -0.420. The molecular weight excluding hydrogens is 258 g/mol. The van der Waals surface area contributed by atoms with Gasteiger partial charge in [-0.05, 0) is 22.4 Å². The van der Waals surface area contributed by atoms with Crippen LogP contribution in [0.1, 0.15) is 36.7 Å². The molecule has 0 saturated heterocycles. The lowest BCUT2D eigenvalue weighted by molar-refractivity contribution is 0.0946. The number of Topliss-reactive ketones (excluding diaryl/α,β-unsaturated/α-hetero) is 1. The Morgan fingerprint density at radius 3 is 2.87 bits per heavy atom. The number of rotatable bonds is 5. The summed E-state index contributed by atoms with van der Waals surface area (Å²) in [5.41, 5.74) is 6.38. The molecule has 0 amide bonds. The molecule has 15 heavy (non-hydrogen) atoms. The van der Waals surface area contributed by atoms with E-state index in [0.717, 1.165) is 19.3 Å². The lowest BCUT2D eigenvalue weighted by Crippen LogP contribution is -2.32. The van der Waals surface area contributed by atoms with Crippen LogP contribution in [0.4, 0.5) is 0 Å². The molecule has 1 unspecified atom stereocenters. The second kappa shape index (κ2) is 5.42. The second-order valence-corrected chi connectivity index (χ2v) is 4.43. The van der Waals surface area contributed by atoms with Crippen LogP contribution >= 0.6 is 15.9 Å². The minimum absolute atomic E-state index is 0.0460. The van der Waals surface area contributed by atoms with Gasteiger partial charge >= 0.3 is 0 Å². The maximum Gasteiger partial charge on any atom is 0.198 e. The van der Waals surface area contributed by atoms with Crippen LogP contribution < -0.4 is 5.73 Å². The van der Waals surface area contributed by atoms with E-state index >= 15 is 0 Å². The summed E-state index contributed by atoms with van der Waals surface area (Å²) in [7, 11) is 1.74. The third-order valence-corrected chi connectivity index (χ3v) is 2.91. The normalized spacial score (nSPS) is 12.8. The van der Waals surface area contributed by atoms with Gasteiger partial charge in [-0.15, -0.1) is 0 Å². The Kier molecular flexibility index (Phi) is 4.47. The van der Waals surface area contributed by atoms with Gasteiger partial charge in [-0.25, -0.2) is 0 Å². The maximum absolute atomic E-state index is 11.9. The van der Waals surface area contributed by atoms with E-state index in [1.54, 1.807) is 17.9 Å². The van der Waals surface area contributed by atoms with Crippen LogP contribution in [0.3, 0.4) is 0 Å². The van der Waals surface area contributed by atoms with Crippen LogP contribution in [-0.2, 0) is 7.05 Å². The number of halogens is 1. The van der Waals surface area contributed by atoms with Crippen molar-refractivity contribution in [3.05, 3.63) is 16.4 Å². The molecule has 84 valence electrons. The van der Waals surface area contributed by atoms with Crippen molar-refractivity contribution in [1.82, 2.24) is 9.78 Å². The van der Waals surface area contributed by atoms with Gasteiger partial charge in [0.25, 0.3) is 0 Å². The first-order chi connectivity index (χ1) is 7.07. The van der Waals surface area contributed by atoms with E-state index in [-0.39, 0.29) is 5.78 Å². The third-order valence-electron chi connectivity index (χ3n) is 2.33. The summed E-state index contributed by atoms with van der Waals surface area (Å²) in [5, 5.41) is 3.99. The molecule has 0 aliphatic rings. The van der Waals surface area contributed by atoms with E-state index in [2.05, 4.69) is 28.0 Å². The Bertz CT molecular complexity index is 329. The molecule has 0 radical (unpaired) electrons. The van der Waals surface area contributed by atoms with Crippen molar-refractivity contribution >= 4 is 21.7 Å². The van der Waals surface area contributed by atoms with E-state index in [0.29, 0.717) is 10.2 Å². The van der Waals surface area contributed by atoms with Crippen molar-refractivity contribution in [1.29, 1.82) is 0 Å². The number of aromatic nitrogens is 2. The summed E-state index contributed by atoms with van der Waals surface area (Å²) in [6.45, 7) is 2.08. The van der Waals surface area contributed by atoms with Crippen molar-refractivity contribution < 1.29 is 4.79 Å². The Morgan fingerprint density at radius 1 is 1.73 bits per heavy atom. The summed E-state index contributed by atoms with van der Waals surface area (Å²) >= 11 is 3.29. The fourth-order valence-corrected chi connectivity index (χ4v) is 1.96. The number of carbonyl (C=O) groups excluding carboxylic acids is 1. The van der Waals surface area contributed by atoms with Gasteiger partial charge in [0.1, 0.15) is 5.69 Å². The topological polar surface area (TPSA) is 60.9 Å². The average molecular weight is 274 g/mol. The van der Waals surface area contributed by atoms with Crippen molar-refractivity contribution in [2.75, 3.05) is 0 Å². The van der Waals surface area contributed by atoms with Gasteiger partial charge in [0.15, 0.2) is 5.78 Å². The summed E-state index contributed by atoms with van der Waals surface area (Å²) in [4.78, 5) is 11.9. The Balaban J connectivity index is 2.76. The van der Waals surface area contributed by atoms with Crippen LogP contribution in [0.15, 0.2) is 10.7 Å². The van der Waals surface area contributed by atoms with Gasteiger partial charge in [0, 0.05) is 7.05 Å². The quantitative estimate of drug-likeness (QED) is 0.834. The number of unbranched alkanes of at least 4 members (excludes halogenated alkanes) is 1. The number of hydrogen-bond acceptors (Lipinski definition) is 3. The van der Waals surface area contributed by atoms with Gasteiger partial charge in [-0.3, -0.25) is 9.48 Å². The molecule has 2 N–H and O–H groups in total. The highest BCUT2D eigenvalue weighted by atomic mass is 79.9. The smallest absolute Gasteiger partial charge is 0.198 e. The summed E-state index contributed by atoms with van der Waals surface area (Å²) in [6, 6.07) is -0.420. The molecular formula is C10H16BrN3O. The zero-order valence-electron chi connectivity index (χ0n) is 9.03. The first-order valence-corrected chi connectivity index (χ1v) is 5.84. The summed E-state index contributed by atoms with van der Waals surface area (Å²) in [5.74, 6) is -0.0460. The summed E-state index contributed by atoms with van der Waals surface area (Å²) in [6.07, 6.45) is 4.36. The first-order valence-electron chi connectivity index (χ1n) is 5.05. The number of nitrogens with two attached hydrogens (primary N) is 1. The van der Waals surface area contributed by atoms with E-state index in [1.807, 2.05) is 0 Å². The van der Waals surface area contributed by atoms with Gasteiger partial charge in [0.05, 0.1) is 16.7 Å². The monoisotopic (exact) mass is 273 g/mol. The number of hydrogen-bond donors (Lipinski definition) is 1. The number of nitrogens with zero attached hydrogens (tertiary/aromatic N) is 2. The van der Waals surface area contributed by atoms with E-state index < -0.39 is 6.04 Å².